The van der Waals surface area contributed by atoms with Gasteiger partial charge in [-0.3, -0.25) is 0 Å². The van der Waals surface area contributed by atoms with E-state index >= 15 is 0 Å². The Bertz CT molecular complexity index is 2070. The molecule has 246 valence electrons. The molecule has 0 saturated carbocycles. The molecule has 0 aromatic heterocycles. The van der Waals surface area contributed by atoms with Crippen LogP contribution in [0, 0.1) is 13.8 Å². The van der Waals surface area contributed by atoms with Gasteiger partial charge in [-0.25, -0.2) is 0 Å². The molecule has 0 spiro atoms. The first-order chi connectivity index (χ1) is 24.5. The van der Waals surface area contributed by atoms with Crippen molar-refractivity contribution in [2.75, 3.05) is 0 Å². The van der Waals surface area contributed by atoms with Crippen LogP contribution < -0.4 is 0 Å². The van der Waals surface area contributed by atoms with Gasteiger partial charge in [-0.1, -0.05) is 169 Å². The van der Waals surface area contributed by atoms with Crippen LogP contribution in [-0.4, -0.2) is 9.52 Å². The van der Waals surface area contributed by atoms with Gasteiger partial charge in [0.2, 0.25) is 0 Å². The molecule has 0 bridgehead atoms. The second kappa shape index (κ2) is 19.0. The SMILES string of the molecule is C[Si]C.Cc1ccccc1-c1cccc2[cH-]c(-c3ccccc3)cc12.Cc1ccccc1-c1cccc2[cH-]c(-c3ccccc3)cc12.[Cl][Zr+2][Cl]. The molecule has 0 aliphatic rings. The van der Waals surface area contributed by atoms with Crippen LogP contribution in [-0.2, 0) is 20.8 Å². The van der Waals surface area contributed by atoms with Crippen molar-refractivity contribution in [2.45, 2.75) is 26.9 Å². The summed E-state index contributed by atoms with van der Waals surface area (Å²) in [6.07, 6.45) is 0. The first kappa shape index (κ1) is 37.5. The molecule has 0 amide bonds. The maximum atomic E-state index is 4.93. The van der Waals surface area contributed by atoms with Crippen LogP contribution in [0.2, 0.25) is 13.1 Å². The van der Waals surface area contributed by atoms with Crippen molar-refractivity contribution in [2.24, 2.45) is 0 Å². The van der Waals surface area contributed by atoms with E-state index in [0.717, 1.165) is 9.52 Å². The van der Waals surface area contributed by atoms with E-state index in [-0.39, 0.29) is 0 Å². The Hall–Kier alpha value is -3.78. The van der Waals surface area contributed by atoms with Crippen molar-refractivity contribution >= 4 is 48.1 Å². The molecule has 2 radical (unpaired) electrons. The maximum absolute atomic E-state index is 4.93. The molecular weight excluding hydrogens is 743 g/mol. The van der Waals surface area contributed by atoms with Crippen LogP contribution in [0.25, 0.3) is 66.1 Å². The molecule has 0 fully saturated rings. The molecule has 4 heteroatoms. The summed E-state index contributed by atoms with van der Waals surface area (Å²) in [5.74, 6) is 0. The second-order valence-electron chi connectivity index (χ2n) is 12.0. The van der Waals surface area contributed by atoms with E-state index in [1.165, 1.54) is 77.2 Å². The van der Waals surface area contributed by atoms with Gasteiger partial charge in [-0.2, -0.15) is 0 Å². The van der Waals surface area contributed by atoms with Gasteiger partial charge < -0.3 is 0 Å². The zero-order valence-electron chi connectivity index (χ0n) is 28.9. The minimum atomic E-state index is -0.826. The fraction of sp³-hybridized carbons (Fsp3) is 0.0870. The molecule has 8 aromatic rings. The fourth-order valence-corrected chi connectivity index (χ4v) is 6.28. The predicted molar refractivity (Wildman–Crippen MR) is 219 cm³/mol. The van der Waals surface area contributed by atoms with Gasteiger partial charge in [0.25, 0.3) is 0 Å². The molecular formula is C46H40Cl2SiZr. The van der Waals surface area contributed by atoms with Crippen LogP contribution in [0.4, 0.5) is 0 Å². The summed E-state index contributed by atoms with van der Waals surface area (Å²) >= 11 is -0.826. The zero-order valence-corrected chi connectivity index (χ0v) is 33.9. The average molecular weight is 783 g/mol. The Morgan fingerprint density at radius 3 is 1.12 bits per heavy atom. The van der Waals surface area contributed by atoms with Crippen LogP contribution in [0.1, 0.15) is 11.1 Å². The molecule has 0 unspecified atom stereocenters. The predicted octanol–water partition coefficient (Wildman–Crippen LogP) is 14.6. The van der Waals surface area contributed by atoms with E-state index in [1.807, 2.05) is 0 Å². The van der Waals surface area contributed by atoms with Gasteiger partial charge in [0, 0.05) is 9.52 Å². The van der Waals surface area contributed by atoms with Crippen LogP contribution in [0.15, 0.2) is 170 Å². The molecule has 50 heavy (non-hydrogen) atoms. The molecule has 0 saturated heterocycles. The van der Waals surface area contributed by atoms with E-state index in [1.54, 1.807) is 0 Å². The Balaban J connectivity index is 0.000000168. The van der Waals surface area contributed by atoms with Gasteiger partial charge in [0.05, 0.1) is 0 Å². The number of benzene rings is 6. The molecule has 8 aromatic carbocycles. The monoisotopic (exact) mass is 780 g/mol. The molecule has 0 N–H and O–H groups in total. The van der Waals surface area contributed by atoms with Gasteiger partial charge >= 0.3 is 37.9 Å². The van der Waals surface area contributed by atoms with Crippen molar-refractivity contribution in [1.82, 2.24) is 0 Å². The Morgan fingerprint density at radius 2 is 0.760 bits per heavy atom. The molecule has 0 atom stereocenters. The van der Waals surface area contributed by atoms with E-state index in [2.05, 4.69) is 197 Å². The summed E-state index contributed by atoms with van der Waals surface area (Å²) in [4.78, 5) is 0. The number of hydrogen-bond donors (Lipinski definition) is 0. The van der Waals surface area contributed by atoms with Crippen LogP contribution in [0.5, 0.6) is 0 Å². The van der Waals surface area contributed by atoms with E-state index in [4.69, 9.17) is 17.0 Å². The Labute approximate surface area is 319 Å². The van der Waals surface area contributed by atoms with Crippen molar-refractivity contribution in [3.63, 3.8) is 0 Å². The van der Waals surface area contributed by atoms with Crippen molar-refractivity contribution in [3.05, 3.63) is 181 Å². The summed E-state index contributed by atoms with van der Waals surface area (Å²) in [6, 6.07) is 60.7. The first-order valence-electron chi connectivity index (χ1n) is 16.7. The second-order valence-corrected chi connectivity index (χ2v) is 16.8. The molecule has 0 aliphatic carbocycles. The van der Waals surface area contributed by atoms with Crippen LogP contribution >= 0.6 is 17.0 Å². The quantitative estimate of drug-likeness (QED) is 0.123. The van der Waals surface area contributed by atoms with E-state index < -0.39 is 20.8 Å². The van der Waals surface area contributed by atoms with E-state index in [9.17, 15) is 0 Å². The summed E-state index contributed by atoms with van der Waals surface area (Å²) in [6.45, 7) is 8.66. The minimum absolute atomic E-state index is 0.826. The molecule has 0 heterocycles. The first-order valence-corrected chi connectivity index (χ1v) is 25.0. The average Bonchev–Trinajstić information content (AvgIpc) is 3.80. The number of rotatable bonds is 4. The molecule has 8 rings (SSSR count). The third kappa shape index (κ3) is 9.30. The van der Waals surface area contributed by atoms with Gasteiger partial charge in [0.15, 0.2) is 0 Å². The molecule has 0 aliphatic heterocycles. The number of halogens is 2. The summed E-state index contributed by atoms with van der Waals surface area (Å²) < 4.78 is 0. The van der Waals surface area contributed by atoms with Gasteiger partial charge in [0.1, 0.15) is 0 Å². The topological polar surface area (TPSA) is 0 Å². The normalized spacial score (nSPS) is 10.2. The number of fused-ring (bicyclic) bond motifs is 2. The Kier molecular flexibility index (Phi) is 14.2. The third-order valence-corrected chi connectivity index (χ3v) is 8.59. The number of aryl methyl sites for hydroxylation is 2. The van der Waals surface area contributed by atoms with Gasteiger partial charge in [-0.15, -0.1) is 69.1 Å². The summed E-state index contributed by atoms with van der Waals surface area (Å²) in [5, 5.41) is 5.27. The number of hydrogen-bond acceptors (Lipinski definition) is 0. The summed E-state index contributed by atoms with van der Waals surface area (Å²) in [7, 11) is 11.0. The summed E-state index contributed by atoms with van der Waals surface area (Å²) in [5.41, 5.74) is 13.0. The fourth-order valence-electron chi connectivity index (χ4n) is 6.28. The van der Waals surface area contributed by atoms with E-state index in [0.29, 0.717) is 0 Å². The van der Waals surface area contributed by atoms with Crippen LogP contribution in [0.3, 0.4) is 0 Å². The zero-order chi connectivity index (χ0) is 35.3. The third-order valence-electron chi connectivity index (χ3n) is 8.59. The van der Waals surface area contributed by atoms with Crippen molar-refractivity contribution < 1.29 is 20.8 Å². The Morgan fingerprint density at radius 1 is 0.440 bits per heavy atom. The molecule has 0 nitrogen and oxygen atoms in total. The van der Waals surface area contributed by atoms with Crippen molar-refractivity contribution in [1.29, 1.82) is 0 Å². The van der Waals surface area contributed by atoms with Crippen molar-refractivity contribution in [3.8, 4) is 44.5 Å². The standard InChI is InChI=1S/2C22H17.C2H6Si.2ClH.Zr/c2*1-16-8-5-6-12-20(16)21-13-7-11-18-14-19(15-22(18)21)17-9-3-2-4-10-17;1-3-2;;;/h2*2-15H,1H3;1-2H3;2*1H;/q2*-1;;;;+4/p-2. The van der Waals surface area contributed by atoms with Gasteiger partial charge in [-0.05, 0) is 36.1 Å².